The van der Waals surface area contributed by atoms with Gasteiger partial charge in [0.05, 0.1) is 0 Å². The van der Waals surface area contributed by atoms with Crippen LogP contribution in [0.1, 0.15) is 23.6 Å². The van der Waals surface area contributed by atoms with E-state index in [0.717, 1.165) is 5.56 Å². The Balaban J connectivity index is 1.89. The summed E-state index contributed by atoms with van der Waals surface area (Å²) in [4.78, 5) is 13.6. The molecule has 3 aromatic rings. The first-order valence-corrected chi connectivity index (χ1v) is 10.3. The molecule has 3 aromatic carbocycles. The van der Waals surface area contributed by atoms with E-state index >= 15 is 0 Å². The van der Waals surface area contributed by atoms with E-state index in [1.54, 1.807) is 0 Å². The Labute approximate surface area is 178 Å². The van der Waals surface area contributed by atoms with E-state index in [4.69, 9.17) is 4.74 Å². The molecule has 0 aliphatic carbocycles. The zero-order chi connectivity index (χ0) is 21.2. The van der Waals surface area contributed by atoms with Gasteiger partial charge in [-0.3, -0.25) is 9.69 Å². The van der Waals surface area contributed by atoms with Gasteiger partial charge in [-0.2, -0.15) is 0 Å². The van der Waals surface area contributed by atoms with Crippen molar-refractivity contribution in [3.05, 3.63) is 108 Å². The van der Waals surface area contributed by atoms with Crippen molar-refractivity contribution in [3.8, 4) is 0 Å². The number of ether oxygens (including phenoxy) is 1. The van der Waals surface area contributed by atoms with Gasteiger partial charge in [-0.15, -0.1) is 0 Å². The first-order chi connectivity index (χ1) is 14.6. The van der Waals surface area contributed by atoms with Crippen LogP contribution in [0.4, 0.5) is 0 Å². The van der Waals surface area contributed by atoms with Crippen LogP contribution in [-0.2, 0) is 29.0 Å². The molecule has 0 saturated heterocycles. The second-order valence-corrected chi connectivity index (χ2v) is 7.50. The van der Waals surface area contributed by atoms with Gasteiger partial charge in [-0.05, 0) is 23.1 Å². The number of hydrogen-bond acceptors (Lipinski definition) is 4. The van der Waals surface area contributed by atoms with E-state index in [2.05, 4.69) is 41.3 Å². The minimum absolute atomic E-state index is 0.0209. The average Bonchev–Trinajstić information content (AvgIpc) is 2.77. The molecular formula is C26H29NO3. The van der Waals surface area contributed by atoms with E-state index in [1.807, 2.05) is 54.6 Å². The molecule has 0 fully saturated rings. The minimum Gasteiger partial charge on any atom is -0.463 e. The van der Waals surface area contributed by atoms with Crippen molar-refractivity contribution in [2.45, 2.75) is 38.6 Å². The van der Waals surface area contributed by atoms with Crippen LogP contribution in [0.3, 0.4) is 0 Å². The van der Waals surface area contributed by atoms with Crippen LogP contribution in [-0.4, -0.2) is 34.7 Å². The molecule has 0 heterocycles. The number of aliphatic hydroxyl groups excluding tert-OH is 1. The molecule has 1 N–H and O–H groups in total. The summed E-state index contributed by atoms with van der Waals surface area (Å²) in [6.07, 6.45) is -0.148. The zero-order valence-electron chi connectivity index (χ0n) is 17.4. The Kier molecular flexibility index (Phi) is 8.19. The number of carbonyl (C=O) groups excluding carboxylic acids is 1. The number of rotatable bonds is 10. The lowest BCUT2D eigenvalue weighted by atomic mass is 9.98. The molecule has 30 heavy (non-hydrogen) atoms. The van der Waals surface area contributed by atoms with E-state index in [1.165, 1.54) is 18.1 Å². The maximum absolute atomic E-state index is 11.3. The highest BCUT2D eigenvalue weighted by molar-refractivity contribution is 5.65. The van der Waals surface area contributed by atoms with Gasteiger partial charge in [0, 0.05) is 26.1 Å². The van der Waals surface area contributed by atoms with Crippen LogP contribution in [0.5, 0.6) is 0 Å². The number of aliphatic hydroxyl groups is 1. The monoisotopic (exact) mass is 403 g/mol. The fraction of sp³-hybridized carbons (Fsp3) is 0.269. The Morgan fingerprint density at radius 2 is 1.23 bits per heavy atom. The summed E-state index contributed by atoms with van der Waals surface area (Å²) in [5, 5.41) is 11.0. The molecule has 0 bridgehead atoms. The Morgan fingerprint density at radius 1 is 0.800 bits per heavy atom. The van der Waals surface area contributed by atoms with Crippen molar-refractivity contribution in [3.63, 3.8) is 0 Å². The highest BCUT2D eigenvalue weighted by atomic mass is 16.5. The lowest BCUT2D eigenvalue weighted by molar-refractivity contribution is -0.145. The van der Waals surface area contributed by atoms with Crippen molar-refractivity contribution in [2.24, 2.45) is 0 Å². The van der Waals surface area contributed by atoms with E-state index < -0.39 is 6.10 Å². The summed E-state index contributed by atoms with van der Waals surface area (Å²) >= 11 is 0. The quantitative estimate of drug-likeness (QED) is 0.515. The number of nitrogens with zero attached hydrogens (tertiary/aromatic N) is 1. The summed E-state index contributed by atoms with van der Waals surface area (Å²) < 4.78 is 5.16. The third-order valence-corrected chi connectivity index (χ3v) is 5.12. The molecule has 0 aromatic heterocycles. The maximum Gasteiger partial charge on any atom is 0.302 e. The Hall–Kier alpha value is -2.95. The van der Waals surface area contributed by atoms with Crippen LogP contribution >= 0.6 is 0 Å². The highest BCUT2D eigenvalue weighted by Gasteiger charge is 2.28. The molecule has 0 aliphatic heterocycles. The van der Waals surface area contributed by atoms with Crippen LogP contribution in [0.15, 0.2) is 91.0 Å². The van der Waals surface area contributed by atoms with Crippen LogP contribution in [0, 0.1) is 0 Å². The van der Waals surface area contributed by atoms with Crippen LogP contribution in [0.2, 0.25) is 0 Å². The van der Waals surface area contributed by atoms with Crippen molar-refractivity contribution in [1.82, 2.24) is 4.90 Å². The van der Waals surface area contributed by atoms with Gasteiger partial charge in [0.1, 0.15) is 12.7 Å². The Bertz CT molecular complexity index is 842. The number of hydrogen-bond donors (Lipinski definition) is 1. The van der Waals surface area contributed by atoms with Gasteiger partial charge in [-0.25, -0.2) is 0 Å². The zero-order valence-corrected chi connectivity index (χ0v) is 17.4. The summed E-state index contributed by atoms with van der Waals surface area (Å²) in [5.74, 6) is -0.384. The summed E-state index contributed by atoms with van der Waals surface area (Å²) in [5.41, 5.74) is 3.48. The van der Waals surface area contributed by atoms with Gasteiger partial charge >= 0.3 is 5.97 Å². The molecule has 156 valence electrons. The van der Waals surface area contributed by atoms with Crippen molar-refractivity contribution in [1.29, 1.82) is 0 Å². The number of benzene rings is 3. The molecule has 0 amide bonds. The topological polar surface area (TPSA) is 49.8 Å². The summed E-state index contributed by atoms with van der Waals surface area (Å²) in [6, 6.07) is 30.4. The fourth-order valence-corrected chi connectivity index (χ4v) is 3.60. The first kappa shape index (κ1) is 21.8. The molecule has 2 atom stereocenters. The normalized spacial score (nSPS) is 13.0. The van der Waals surface area contributed by atoms with E-state index in [-0.39, 0.29) is 18.6 Å². The van der Waals surface area contributed by atoms with Crippen LogP contribution in [0.25, 0.3) is 0 Å². The van der Waals surface area contributed by atoms with Crippen molar-refractivity contribution in [2.75, 3.05) is 6.61 Å². The SMILES string of the molecule is CC(=O)OC[C@H](O)[C@H](Cc1ccccc1)N(Cc1ccccc1)Cc1ccccc1. The lowest BCUT2D eigenvalue weighted by Crippen LogP contribution is -2.46. The average molecular weight is 404 g/mol. The molecule has 0 radical (unpaired) electrons. The van der Waals surface area contributed by atoms with Gasteiger partial charge in [0.25, 0.3) is 0 Å². The molecule has 0 aliphatic rings. The van der Waals surface area contributed by atoms with Crippen LogP contribution < -0.4 is 0 Å². The molecule has 0 spiro atoms. The maximum atomic E-state index is 11.3. The van der Waals surface area contributed by atoms with Crippen molar-refractivity contribution >= 4 is 5.97 Å². The third-order valence-electron chi connectivity index (χ3n) is 5.12. The van der Waals surface area contributed by atoms with Gasteiger partial charge in [-0.1, -0.05) is 91.0 Å². The van der Waals surface area contributed by atoms with Gasteiger partial charge in [0.15, 0.2) is 0 Å². The largest absolute Gasteiger partial charge is 0.463 e. The molecular weight excluding hydrogens is 374 g/mol. The molecule has 3 rings (SSSR count). The number of esters is 1. The lowest BCUT2D eigenvalue weighted by Gasteiger charge is -2.35. The number of carbonyl (C=O) groups is 1. The minimum atomic E-state index is -0.804. The van der Waals surface area contributed by atoms with E-state index in [0.29, 0.717) is 19.5 Å². The first-order valence-electron chi connectivity index (χ1n) is 10.3. The molecule has 0 saturated carbocycles. The highest BCUT2D eigenvalue weighted by Crippen LogP contribution is 2.20. The van der Waals surface area contributed by atoms with Gasteiger partial charge in [0.2, 0.25) is 0 Å². The predicted octanol–water partition coefficient (Wildman–Crippen LogP) is 4.22. The molecule has 4 nitrogen and oxygen atoms in total. The van der Waals surface area contributed by atoms with E-state index in [9.17, 15) is 9.90 Å². The Morgan fingerprint density at radius 3 is 1.67 bits per heavy atom. The van der Waals surface area contributed by atoms with Gasteiger partial charge < -0.3 is 9.84 Å². The standard InChI is InChI=1S/C26H29NO3/c1-21(28)30-20-26(29)25(17-22-11-5-2-6-12-22)27(18-23-13-7-3-8-14-23)19-24-15-9-4-10-16-24/h2-16,25-26,29H,17-20H2,1H3/t25-,26-/m0/s1. The fourth-order valence-electron chi connectivity index (χ4n) is 3.60. The second kappa shape index (κ2) is 11.3. The molecule has 0 unspecified atom stereocenters. The summed E-state index contributed by atoms with van der Waals surface area (Å²) in [7, 11) is 0. The predicted molar refractivity (Wildman–Crippen MR) is 119 cm³/mol. The second-order valence-electron chi connectivity index (χ2n) is 7.50. The smallest absolute Gasteiger partial charge is 0.302 e. The third kappa shape index (κ3) is 6.83. The molecule has 4 heteroatoms. The summed E-state index contributed by atoms with van der Waals surface area (Å²) in [6.45, 7) is 2.71. The van der Waals surface area contributed by atoms with Crippen molar-refractivity contribution < 1.29 is 14.6 Å².